The van der Waals surface area contributed by atoms with E-state index in [9.17, 15) is 9.59 Å². The average Bonchev–Trinajstić information content (AvgIpc) is 3.34. The molecule has 0 aliphatic carbocycles. The normalized spacial score (nSPS) is 15.6. The third kappa shape index (κ3) is 4.46. The van der Waals surface area contributed by atoms with Gasteiger partial charge in [-0.3, -0.25) is 9.59 Å². The van der Waals surface area contributed by atoms with Crippen molar-refractivity contribution in [1.82, 2.24) is 10.2 Å². The Hall–Kier alpha value is -3.34. The Labute approximate surface area is 176 Å². The molecule has 30 heavy (non-hydrogen) atoms. The summed E-state index contributed by atoms with van der Waals surface area (Å²) >= 11 is 0. The number of benzene rings is 2. The topological polar surface area (TPSA) is 62.6 Å². The monoisotopic (exact) mass is 402 g/mol. The molecule has 4 rings (SSSR count). The Bertz CT molecular complexity index is 973. The fourth-order valence-electron chi connectivity index (χ4n) is 3.91. The maximum absolute atomic E-state index is 12.7. The van der Waals surface area contributed by atoms with Gasteiger partial charge in [-0.15, -0.1) is 0 Å². The molecule has 3 aromatic rings. The third-order valence-corrected chi connectivity index (χ3v) is 5.76. The van der Waals surface area contributed by atoms with Crippen LogP contribution in [0.2, 0.25) is 0 Å². The van der Waals surface area contributed by atoms with Gasteiger partial charge in [-0.1, -0.05) is 54.6 Å². The predicted molar refractivity (Wildman–Crippen MR) is 116 cm³/mol. The quantitative estimate of drug-likeness (QED) is 0.674. The molecule has 1 N–H and O–H groups in total. The number of hydrogen-bond acceptors (Lipinski definition) is 3. The summed E-state index contributed by atoms with van der Waals surface area (Å²) in [6.07, 6.45) is 2.83. The van der Waals surface area contributed by atoms with Crippen molar-refractivity contribution < 1.29 is 14.0 Å². The van der Waals surface area contributed by atoms with Crippen LogP contribution in [0.25, 0.3) is 11.1 Å². The molecule has 2 aromatic carbocycles. The number of piperidine rings is 1. The molecule has 2 heterocycles. The molecule has 1 atom stereocenters. The summed E-state index contributed by atoms with van der Waals surface area (Å²) < 4.78 is 5.19. The van der Waals surface area contributed by atoms with Crippen molar-refractivity contribution in [2.75, 3.05) is 13.1 Å². The molecule has 0 saturated carbocycles. The number of carbonyl (C=O) groups excluding carboxylic acids is 2. The molecule has 1 aliphatic heterocycles. The van der Waals surface area contributed by atoms with E-state index in [2.05, 4.69) is 41.7 Å². The van der Waals surface area contributed by atoms with Gasteiger partial charge in [-0.25, -0.2) is 0 Å². The summed E-state index contributed by atoms with van der Waals surface area (Å²) in [5.41, 5.74) is 3.41. The second-order valence-electron chi connectivity index (χ2n) is 7.76. The lowest BCUT2D eigenvalue weighted by atomic mass is 9.94. The van der Waals surface area contributed by atoms with Gasteiger partial charge in [0.1, 0.15) is 0 Å². The van der Waals surface area contributed by atoms with Crippen LogP contribution in [0.1, 0.15) is 41.9 Å². The fourth-order valence-corrected chi connectivity index (χ4v) is 3.91. The highest BCUT2D eigenvalue weighted by Gasteiger charge is 2.29. The molecular formula is C25H26N2O3. The van der Waals surface area contributed by atoms with Crippen LogP contribution in [0.4, 0.5) is 0 Å². The zero-order chi connectivity index (χ0) is 20.9. The minimum Gasteiger partial charge on any atom is -0.459 e. The highest BCUT2D eigenvalue weighted by atomic mass is 16.3. The van der Waals surface area contributed by atoms with Crippen molar-refractivity contribution in [3.05, 3.63) is 84.3 Å². The molecular weight excluding hydrogens is 376 g/mol. The molecule has 5 heteroatoms. The van der Waals surface area contributed by atoms with Crippen LogP contribution in [-0.4, -0.2) is 29.8 Å². The average molecular weight is 402 g/mol. The van der Waals surface area contributed by atoms with Crippen LogP contribution in [0.5, 0.6) is 0 Å². The number of likely N-dealkylation sites (tertiary alicyclic amines) is 1. The highest BCUT2D eigenvalue weighted by Crippen LogP contribution is 2.24. The summed E-state index contributed by atoms with van der Waals surface area (Å²) in [6.45, 7) is 3.14. The van der Waals surface area contributed by atoms with Gasteiger partial charge >= 0.3 is 0 Å². The second-order valence-corrected chi connectivity index (χ2v) is 7.76. The van der Waals surface area contributed by atoms with Gasteiger partial charge in [-0.05, 0) is 48.6 Å². The van der Waals surface area contributed by atoms with Crippen molar-refractivity contribution in [1.29, 1.82) is 0 Å². The fraction of sp³-hybridized carbons (Fsp3) is 0.280. The van der Waals surface area contributed by atoms with Crippen LogP contribution in [0.15, 0.2) is 77.4 Å². The summed E-state index contributed by atoms with van der Waals surface area (Å²) in [4.78, 5) is 26.9. The first-order valence-electron chi connectivity index (χ1n) is 10.4. The zero-order valence-corrected chi connectivity index (χ0v) is 17.1. The zero-order valence-electron chi connectivity index (χ0n) is 17.1. The standard InChI is InChI=1S/C25H26N2O3/c1-18(19-9-11-21(12-10-19)20-6-3-2-4-7-20)26-24(28)22-13-15-27(16-14-22)25(29)23-8-5-17-30-23/h2-12,17-18,22H,13-16H2,1H3,(H,26,28)/t18-/m1/s1. The number of carbonyl (C=O) groups is 2. The van der Waals surface area contributed by atoms with Crippen molar-refractivity contribution >= 4 is 11.8 Å². The minimum absolute atomic E-state index is 0.0553. The lowest BCUT2D eigenvalue weighted by molar-refractivity contribution is -0.127. The molecule has 1 saturated heterocycles. The van der Waals surface area contributed by atoms with Crippen LogP contribution in [0, 0.1) is 5.92 Å². The summed E-state index contributed by atoms with van der Waals surface area (Å²) in [5, 5.41) is 3.14. The maximum Gasteiger partial charge on any atom is 0.289 e. The van der Waals surface area contributed by atoms with Crippen molar-refractivity contribution in [3.63, 3.8) is 0 Å². The summed E-state index contributed by atoms with van der Waals surface area (Å²) in [5.74, 6) is 0.229. The lowest BCUT2D eigenvalue weighted by Crippen LogP contribution is -2.43. The SMILES string of the molecule is C[C@@H](NC(=O)C1CCN(C(=O)c2ccco2)CC1)c1ccc(-c2ccccc2)cc1. The van der Waals surface area contributed by atoms with Gasteiger partial charge in [0.25, 0.3) is 5.91 Å². The van der Waals surface area contributed by atoms with Crippen LogP contribution >= 0.6 is 0 Å². The van der Waals surface area contributed by atoms with E-state index in [1.165, 1.54) is 11.8 Å². The van der Waals surface area contributed by atoms with E-state index < -0.39 is 0 Å². The Morgan fingerprint density at radius 1 is 0.933 bits per heavy atom. The smallest absolute Gasteiger partial charge is 0.289 e. The number of hydrogen-bond donors (Lipinski definition) is 1. The number of amides is 2. The molecule has 0 unspecified atom stereocenters. The molecule has 2 amide bonds. The van der Waals surface area contributed by atoms with Crippen LogP contribution in [-0.2, 0) is 4.79 Å². The van der Waals surface area contributed by atoms with E-state index >= 15 is 0 Å². The highest BCUT2D eigenvalue weighted by molar-refractivity contribution is 5.91. The Morgan fingerprint density at radius 3 is 2.23 bits per heavy atom. The van der Waals surface area contributed by atoms with Crippen molar-refractivity contribution in [2.24, 2.45) is 5.92 Å². The van der Waals surface area contributed by atoms with E-state index in [-0.39, 0.29) is 23.8 Å². The predicted octanol–water partition coefficient (Wildman–Crippen LogP) is 4.68. The third-order valence-electron chi connectivity index (χ3n) is 5.76. The first-order valence-corrected chi connectivity index (χ1v) is 10.4. The van der Waals surface area contributed by atoms with E-state index in [4.69, 9.17) is 4.42 Å². The van der Waals surface area contributed by atoms with E-state index in [0.717, 1.165) is 11.1 Å². The van der Waals surface area contributed by atoms with E-state index in [1.807, 2.05) is 25.1 Å². The van der Waals surface area contributed by atoms with Gasteiger partial charge in [0, 0.05) is 19.0 Å². The lowest BCUT2D eigenvalue weighted by Gasteiger charge is -2.31. The van der Waals surface area contributed by atoms with Crippen LogP contribution in [0.3, 0.4) is 0 Å². The second kappa shape index (κ2) is 8.99. The largest absolute Gasteiger partial charge is 0.459 e. The first kappa shape index (κ1) is 20.0. The Balaban J connectivity index is 1.30. The van der Waals surface area contributed by atoms with E-state index in [0.29, 0.717) is 31.7 Å². The first-order chi connectivity index (χ1) is 14.6. The van der Waals surface area contributed by atoms with Gasteiger partial charge in [0.05, 0.1) is 12.3 Å². The Morgan fingerprint density at radius 2 is 1.60 bits per heavy atom. The molecule has 1 aliphatic rings. The molecule has 5 nitrogen and oxygen atoms in total. The molecule has 0 radical (unpaired) electrons. The molecule has 1 fully saturated rings. The van der Waals surface area contributed by atoms with Gasteiger partial charge < -0.3 is 14.6 Å². The number of rotatable bonds is 5. The maximum atomic E-state index is 12.7. The molecule has 1 aromatic heterocycles. The van der Waals surface area contributed by atoms with E-state index in [1.54, 1.807) is 17.0 Å². The minimum atomic E-state index is -0.106. The van der Waals surface area contributed by atoms with Gasteiger partial charge in [0.2, 0.25) is 5.91 Å². The summed E-state index contributed by atoms with van der Waals surface area (Å²) in [6, 6.07) is 21.9. The molecule has 154 valence electrons. The number of nitrogens with one attached hydrogen (secondary N) is 1. The number of nitrogens with zero attached hydrogens (tertiary/aromatic N) is 1. The molecule has 0 spiro atoms. The van der Waals surface area contributed by atoms with Crippen molar-refractivity contribution in [2.45, 2.75) is 25.8 Å². The van der Waals surface area contributed by atoms with Gasteiger partial charge in [-0.2, -0.15) is 0 Å². The molecule has 0 bridgehead atoms. The van der Waals surface area contributed by atoms with Crippen molar-refractivity contribution in [3.8, 4) is 11.1 Å². The van der Waals surface area contributed by atoms with Crippen LogP contribution < -0.4 is 5.32 Å². The Kier molecular flexibility index (Phi) is 5.98. The van der Waals surface area contributed by atoms with Gasteiger partial charge in [0.15, 0.2) is 5.76 Å². The summed E-state index contributed by atoms with van der Waals surface area (Å²) in [7, 11) is 0. The number of furan rings is 1.